The van der Waals surface area contributed by atoms with E-state index < -0.39 is 11.7 Å². The smallest absolute Gasteiger partial charge is 0.355 e. The van der Waals surface area contributed by atoms with Gasteiger partial charge in [0, 0.05) is 45.3 Å². The summed E-state index contributed by atoms with van der Waals surface area (Å²) in [6.45, 7) is 2.15. The summed E-state index contributed by atoms with van der Waals surface area (Å²) >= 11 is 5.30. The Hall–Kier alpha value is -3.21. The predicted molar refractivity (Wildman–Crippen MR) is 121 cm³/mol. The number of pyridine rings is 1. The molecule has 0 spiro atoms. The maximum Gasteiger partial charge on any atom is 0.417 e. The van der Waals surface area contributed by atoms with Crippen LogP contribution in [0.3, 0.4) is 0 Å². The number of aromatic amines is 1. The molecule has 1 fully saturated rings. The minimum Gasteiger partial charge on any atom is -0.355 e. The van der Waals surface area contributed by atoms with E-state index in [0.717, 1.165) is 12.3 Å². The van der Waals surface area contributed by atoms with Gasteiger partial charge in [-0.05, 0) is 42.9 Å². The zero-order chi connectivity index (χ0) is 23.6. The highest BCUT2D eigenvalue weighted by molar-refractivity contribution is 7.71. The molecule has 174 valence electrons. The van der Waals surface area contributed by atoms with Gasteiger partial charge in [-0.1, -0.05) is 12.1 Å². The summed E-state index contributed by atoms with van der Waals surface area (Å²) in [5.41, 5.74) is -0.378. The number of hydrogen-bond acceptors (Lipinski definition) is 5. The Morgan fingerprint density at radius 3 is 2.61 bits per heavy atom. The lowest BCUT2D eigenvalue weighted by atomic mass is 10.2. The van der Waals surface area contributed by atoms with Gasteiger partial charge in [-0.25, -0.2) is 4.98 Å². The number of rotatable bonds is 4. The van der Waals surface area contributed by atoms with Crippen LogP contribution in [0.1, 0.15) is 18.4 Å². The molecule has 1 aromatic carbocycles. The Bertz CT molecular complexity index is 1270. The minimum absolute atomic E-state index is 0.105. The maximum atomic E-state index is 12.8. The normalized spacial score (nSPS) is 15.0. The van der Waals surface area contributed by atoms with Crippen molar-refractivity contribution in [1.29, 1.82) is 0 Å². The summed E-state index contributed by atoms with van der Waals surface area (Å²) in [5, 5.41) is 0.507. The molecule has 1 aliphatic heterocycles. The molecule has 7 nitrogen and oxygen atoms in total. The van der Waals surface area contributed by atoms with Crippen molar-refractivity contribution in [2.75, 3.05) is 31.1 Å². The molecule has 1 saturated heterocycles. The largest absolute Gasteiger partial charge is 0.417 e. The van der Waals surface area contributed by atoms with Gasteiger partial charge < -0.3 is 14.8 Å². The summed E-state index contributed by atoms with van der Waals surface area (Å²) < 4.78 is 39.9. The van der Waals surface area contributed by atoms with E-state index >= 15 is 0 Å². The Kier molecular flexibility index (Phi) is 6.50. The van der Waals surface area contributed by atoms with Crippen LogP contribution in [0.15, 0.2) is 47.4 Å². The fourth-order valence-electron chi connectivity index (χ4n) is 3.90. The van der Waals surface area contributed by atoms with E-state index in [1.165, 1.54) is 10.6 Å². The molecule has 11 heteroatoms. The monoisotopic (exact) mass is 477 g/mol. The van der Waals surface area contributed by atoms with Crippen molar-refractivity contribution in [2.24, 2.45) is 0 Å². The van der Waals surface area contributed by atoms with Gasteiger partial charge in [-0.15, -0.1) is 0 Å². The van der Waals surface area contributed by atoms with Crippen LogP contribution in [-0.4, -0.2) is 51.5 Å². The van der Waals surface area contributed by atoms with E-state index in [-0.39, 0.29) is 29.2 Å². The van der Waals surface area contributed by atoms with Crippen molar-refractivity contribution in [3.8, 4) is 0 Å². The summed E-state index contributed by atoms with van der Waals surface area (Å²) in [6.07, 6.45) is -2.82. The molecular formula is C22H22F3N5O2S. The minimum atomic E-state index is -4.43. The third-order valence-corrected chi connectivity index (χ3v) is 6.01. The van der Waals surface area contributed by atoms with Crippen LogP contribution in [0.2, 0.25) is 0 Å². The van der Waals surface area contributed by atoms with Gasteiger partial charge in [0.2, 0.25) is 5.91 Å². The first-order valence-electron chi connectivity index (χ1n) is 10.5. The van der Waals surface area contributed by atoms with E-state index in [1.807, 2.05) is 11.0 Å². The number of halogens is 3. The fraction of sp³-hybridized carbons (Fsp3) is 0.364. The molecule has 0 atom stereocenters. The second-order valence-electron chi connectivity index (χ2n) is 7.81. The van der Waals surface area contributed by atoms with Crippen LogP contribution in [0.4, 0.5) is 19.0 Å². The highest BCUT2D eigenvalue weighted by atomic mass is 32.1. The summed E-state index contributed by atoms with van der Waals surface area (Å²) in [6, 6.07) is 9.43. The van der Waals surface area contributed by atoms with Gasteiger partial charge in [0.25, 0.3) is 5.56 Å². The van der Waals surface area contributed by atoms with Crippen LogP contribution >= 0.6 is 12.2 Å². The molecule has 1 N–H and O–H groups in total. The summed E-state index contributed by atoms with van der Waals surface area (Å²) in [7, 11) is 0. The molecule has 4 rings (SSSR count). The van der Waals surface area contributed by atoms with E-state index in [1.54, 1.807) is 23.1 Å². The quantitative estimate of drug-likeness (QED) is 0.582. The number of hydrogen-bond donors (Lipinski definition) is 1. The molecular weight excluding hydrogens is 455 g/mol. The van der Waals surface area contributed by atoms with Crippen LogP contribution in [0, 0.1) is 4.77 Å². The number of nitrogens with zero attached hydrogens (tertiary/aromatic N) is 4. The van der Waals surface area contributed by atoms with Gasteiger partial charge in [-0.2, -0.15) is 13.2 Å². The first kappa shape index (κ1) is 23.0. The van der Waals surface area contributed by atoms with Crippen molar-refractivity contribution in [1.82, 2.24) is 19.4 Å². The van der Waals surface area contributed by atoms with Crippen molar-refractivity contribution >= 4 is 34.8 Å². The van der Waals surface area contributed by atoms with Crippen LogP contribution in [0.25, 0.3) is 10.9 Å². The molecule has 0 bridgehead atoms. The van der Waals surface area contributed by atoms with Crippen LogP contribution < -0.4 is 10.5 Å². The Labute approximate surface area is 192 Å². The number of alkyl halides is 3. The number of carbonyl (C=O) groups excluding carboxylic acids is 1. The average Bonchev–Trinajstić information content (AvgIpc) is 3.05. The first-order valence-corrected chi connectivity index (χ1v) is 10.9. The highest BCUT2D eigenvalue weighted by Gasteiger charge is 2.31. The van der Waals surface area contributed by atoms with E-state index in [0.29, 0.717) is 49.3 Å². The second kappa shape index (κ2) is 9.34. The van der Waals surface area contributed by atoms with Gasteiger partial charge in [0.15, 0.2) is 4.77 Å². The zero-order valence-electron chi connectivity index (χ0n) is 17.6. The molecule has 0 radical (unpaired) electrons. The number of anilines is 1. The lowest BCUT2D eigenvalue weighted by Crippen LogP contribution is -2.36. The lowest BCUT2D eigenvalue weighted by molar-refractivity contribution is -0.137. The van der Waals surface area contributed by atoms with Gasteiger partial charge in [0.1, 0.15) is 5.82 Å². The molecule has 3 heterocycles. The Morgan fingerprint density at radius 2 is 1.88 bits per heavy atom. The lowest BCUT2D eigenvalue weighted by Gasteiger charge is -2.23. The standard InChI is InChI=1S/C22H22F3N5O2S/c23-22(24,25)15-6-7-18(26-14-15)28-9-3-10-29(13-12-28)19(31)8-11-30-20(32)16-4-1-2-5-17(16)27-21(30)33/h1-2,4-7,14H,3,8-13H2,(H,27,33). The summed E-state index contributed by atoms with van der Waals surface area (Å²) in [5.74, 6) is 0.345. The second-order valence-corrected chi connectivity index (χ2v) is 8.19. The Morgan fingerprint density at radius 1 is 1.09 bits per heavy atom. The maximum absolute atomic E-state index is 12.8. The van der Waals surface area contributed by atoms with Crippen LogP contribution in [-0.2, 0) is 17.5 Å². The zero-order valence-corrected chi connectivity index (χ0v) is 18.5. The number of aromatic nitrogens is 3. The first-order chi connectivity index (χ1) is 15.7. The number of H-pyrrole nitrogens is 1. The molecule has 0 saturated carbocycles. The predicted octanol–water partition coefficient (Wildman–Crippen LogP) is 3.60. The fourth-order valence-corrected chi connectivity index (χ4v) is 4.19. The molecule has 0 unspecified atom stereocenters. The third kappa shape index (κ3) is 5.08. The van der Waals surface area contributed by atoms with Crippen molar-refractivity contribution in [3.63, 3.8) is 0 Å². The molecule has 33 heavy (non-hydrogen) atoms. The highest BCUT2D eigenvalue weighted by Crippen LogP contribution is 2.29. The SMILES string of the molecule is O=C(CCn1c(=S)[nH]c2ccccc2c1=O)N1CCCN(c2ccc(C(F)(F)F)cn2)CC1. The number of nitrogens with one attached hydrogen (secondary N) is 1. The third-order valence-electron chi connectivity index (χ3n) is 5.69. The van der Waals surface area contributed by atoms with Gasteiger partial charge >= 0.3 is 6.18 Å². The molecule has 0 aliphatic carbocycles. The molecule has 1 aliphatic rings. The van der Waals surface area contributed by atoms with Gasteiger partial charge in [-0.3, -0.25) is 14.2 Å². The topological polar surface area (TPSA) is 74.2 Å². The number of carbonyl (C=O) groups is 1. The molecule has 2 aromatic heterocycles. The number of amides is 1. The van der Waals surface area contributed by atoms with E-state index in [4.69, 9.17) is 12.2 Å². The van der Waals surface area contributed by atoms with Crippen molar-refractivity contribution in [2.45, 2.75) is 25.6 Å². The van der Waals surface area contributed by atoms with Gasteiger partial charge in [0.05, 0.1) is 16.5 Å². The molecule has 1 amide bonds. The Balaban J connectivity index is 1.39. The van der Waals surface area contributed by atoms with E-state index in [9.17, 15) is 22.8 Å². The van der Waals surface area contributed by atoms with Crippen molar-refractivity contribution in [3.05, 3.63) is 63.3 Å². The van der Waals surface area contributed by atoms with E-state index in [2.05, 4.69) is 9.97 Å². The molecule has 3 aromatic rings. The van der Waals surface area contributed by atoms with Crippen LogP contribution in [0.5, 0.6) is 0 Å². The summed E-state index contributed by atoms with van der Waals surface area (Å²) in [4.78, 5) is 36.1. The number of para-hydroxylation sites is 1. The van der Waals surface area contributed by atoms with Crippen molar-refractivity contribution < 1.29 is 18.0 Å². The average molecular weight is 478 g/mol. The number of benzene rings is 1. The number of fused-ring (bicyclic) bond motifs is 1.